The summed E-state index contributed by atoms with van der Waals surface area (Å²) in [7, 11) is 0. The third-order valence-corrected chi connectivity index (χ3v) is 4.28. The minimum atomic E-state index is -0.0178. The molecule has 1 aliphatic rings. The van der Waals surface area contributed by atoms with Crippen LogP contribution in [0.4, 0.5) is 4.79 Å². The predicted octanol–water partition coefficient (Wildman–Crippen LogP) is 1.99. The average Bonchev–Trinajstić information content (AvgIpc) is 2.97. The van der Waals surface area contributed by atoms with Crippen molar-refractivity contribution in [2.75, 3.05) is 13.1 Å². The second-order valence-electron chi connectivity index (χ2n) is 6.11. The summed E-state index contributed by atoms with van der Waals surface area (Å²) < 4.78 is 1.79. The molecule has 0 spiro atoms. The zero-order valence-corrected chi connectivity index (χ0v) is 13.7. The molecule has 1 aromatic heterocycles. The predicted molar refractivity (Wildman–Crippen MR) is 87.9 cm³/mol. The molecule has 0 aliphatic carbocycles. The number of aryl methyl sites for hydroxylation is 2. The summed E-state index contributed by atoms with van der Waals surface area (Å²) in [6, 6.07) is 8.62. The van der Waals surface area contributed by atoms with E-state index in [9.17, 15) is 4.79 Å². The van der Waals surface area contributed by atoms with Gasteiger partial charge < -0.3 is 10.2 Å². The summed E-state index contributed by atoms with van der Waals surface area (Å²) in [5, 5.41) is 7.01. The van der Waals surface area contributed by atoms with Crippen molar-refractivity contribution in [1.82, 2.24) is 25.0 Å². The Labute approximate surface area is 136 Å². The standard InChI is InChI=1S/C17H23N5O/c1-3-22-16(19-12-20-22)9-18-17(23)21-10-15(11-21)8-14-6-4-13(2)5-7-14/h4-7,12,15H,3,8-11H2,1-2H3,(H,18,23). The Hall–Kier alpha value is -2.37. The van der Waals surface area contributed by atoms with Crippen LogP contribution in [-0.4, -0.2) is 38.8 Å². The molecule has 0 bridgehead atoms. The van der Waals surface area contributed by atoms with Gasteiger partial charge in [0.15, 0.2) is 0 Å². The van der Waals surface area contributed by atoms with Crippen LogP contribution in [0.5, 0.6) is 0 Å². The summed E-state index contributed by atoms with van der Waals surface area (Å²) in [6.45, 7) is 6.92. The van der Waals surface area contributed by atoms with Gasteiger partial charge >= 0.3 is 6.03 Å². The van der Waals surface area contributed by atoms with Crippen LogP contribution in [-0.2, 0) is 19.5 Å². The Kier molecular flexibility index (Phi) is 4.60. The molecule has 1 fully saturated rings. The number of benzene rings is 1. The van der Waals surface area contributed by atoms with Crippen LogP contribution in [0.2, 0.25) is 0 Å². The maximum Gasteiger partial charge on any atom is 0.317 e. The van der Waals surface area contributed by atoms with Crippen molar-refractivity contribution < 1.29 is 4.79 Å². The molecule has 0 radical (unpaired) electrons. The number of amides is 2. The number of carbonyl (C=O) groups is 1. The van der Waals surface area contributed by atoms with E-state index < -0.39 is 0 Å². The number of carbonyl (C=O) groups excluding carboxylic acids is 1. The molecule has 6 heteroatoms. The Morgan fingerprint density at radius 1 is 1.30 bits per heavy atom. The lowest BCUT2D eigenvalue weighted by molar-refractivity contribution is 0.120. The molecule has 23 heavy (non-hydrogen) atoms. The number of urea groups is 1. The van der Waals surface area contributed by atoms with Gasteiger partial charge in [-0.25, -0.2) is 14.5 Å². The smallest absolute Gasteiger partial charge is 0.317 e. The van der Waals surface area contributed by atoms with E-state index in [4.69, 9.17) is 0 Å². The second kappa shape index (κ2) is 6.81. The van der Waals surface area contributed by atoms with E-state index in [-0.39, 0.29) is 6.03 Å². The quantitative estimate of drug-likeness (QED) is 0.918. The molecule has 3 rings (SSSR count). The summed E-state index contributed by atoms with van der Waals surface area (Å²) in [6.07, 6.45) is 2.56. The van der Waals surface area contributed by atoms with Gasteiger partial charge in [0.1, 0.15) is 12.2 Å². The minimum Gasteiger partial charge on any atom is -0.331 e. The van der Waals surface area contributed by atoms with Gasteiger partial charge in [-0.05, 0) is 31.7 Å². The fraction of sp³-hybridized carbons (Fsp3) is 0.471. The maximum atomic E-state index is 12.1. The van der Waals surface area contributed by atoms with Gasteiger partial charge in [0, 0.05) is 19.6 Å². The van der Waals surface area contributed by atoms with Crippen molar-refractivity contribution in [1.29, 1.82) is 0 Å². The first kappa shape index (κ1) is 15.5. The van der Waals surface area contributed by atoms with Crippen molar-refractivity contribution in [3.05, 3.63) is 47.5 Å². The molecule has 1 aromatic carbocycles. The third-order valence-electron chi connectivity index (χ3n) is 4.28. The van der Waals surface area contributed by atoms with E-state index in [1.54, 1.807) is 4.68 Å². The van der Waals surface area contributed by atoms with Crippen LogP contribution in [0, 0.1) is 12.8 Å². The number of nitrogens with zero attached hydrogens (tertiary/aromatic N) is 4. The zero-order chi connectivity index (χ0) is 16.2. The van der Waals surface area contributed by atoms with Crippen LogP contribution >= 0.6 is 0 Å². The van der Waals surface area contributed by atoms with Gasteiger partial charge in [0.25, 0.3) is 0 Å². The van der Waals surface area contributed by atoms with Crippen LogP contribution < -0.4 is 5.32 Å². The molecule has 2 aromatic rings. The number of nitrogens with one attached hydrogen (secondary N) is 1. The molecule has 0 unspecified atom stereocenters. The number of rotatable bonds is 5. The number of hydrogen-bond donors (Lipinski definition) is 1. The zero-order valence-electron chi connectivity index (χ0n) is 13.7. The first-order chi connectivity index (χ1) is 11.2. The fourth-order valence-electron chi connectivity index (χ4n) is 2.88. The third kappa shape index (κ3) is 3.70. The molecular weight excluding hydrogens is 290 g/mol. The lowest BCUT2D eigenvalue weighted by atomic mass is 9.92. The van der Waals surface area contributed by atoms with Crippen molar-refractivity contribution in [2.24, 2.45) is 5.92 Å². The molecule has 6 nitrogen and oxygen atoms in total. The summed E-state index contributed by atoms with van der Waals surface area (Å²) >= 11 is 0. The monoisotopic (exact) mass is 313 g/mol. The van der Waals surface area contributed by atoms with E-state index in [1.165, 1.54) is 17.5 Å². The highest BCUT2D eigenvalue weighted by molar-refractivity contribution is 5.74. The topological polar surface area (TPSA) is 63.1 Å². The molecule has 0 atom stereocenters. The molecule has 2 amide bonds. The summed E-state index contributed by atoms with van der Waals surface area (Å²) in [5.74, 6) is 1.35. The van der Waals surface area contributed by atoms with Crippen LogP contribution in [0.1, 0.15) is 23.9 Å². The number of hydrogen-bond acceptors (Lipinski definition) is 3. The van der Waals surface area contributed by atoms with Crippen molar-refractivity contribution in [3.63, 3.8) is 0 Å². The molecule has 1 aliphatic heterocycles. The lowest BCUT2D eigenvalue weighted by Gasteiger charge is -2.39. The average molecular weight is 313 g/mol. The molecular formula is C17H23N5O. The Morgan fingerprint density at radius 3 is 2.74 bits per heavy atom. The van der Waals surface area contributed by atoms with Gasteiger partial charge in [-0.15, -0.1) is 0 Å². The van der Waals surface area contributed by atoms with Gasteiger partial charge in [-0.1, -0.05) is 29.8 Å². The Balaban J connectivity index is 1.42. The maximum absolute atomic E-state index is 12.1. The summed E-state index contributed by atoms with van der Waals surface area (Å²) in [5.41, 5.74) is 2.62. The molecule has 122 valence electrons. The van der Waals surface area contributed by atoms with Crippen LogP contribution in [0.15, 0.2) is 30.6 Å². The van der Waals surface area contributed by atoms with Gasteiger partial charge in [0.05, 0.1) is 6.54 Å². The highest BCUT2D eigenvalue weighted by Gasteiger charge is 2.30. The molecule has 1 saturated heterocycles. The second-order valence-corrected chi connectivity index (χ2v) is 6.11. The normalized spacial score (nSPS) is 14.6. The van der Waals surface area contributed by atoms with Crippen molar-refractivity contribution in [2.45, 2.75) is 33.4 Å². The summed E-state index contributed by atoms with van der Waals surface area (Å²) in [4.78, 5) is 18.1. The largest absolute Gasteiger partial charge is 0.331 e. The molecule has 1 N–H and O–H groups in total. The van der Waals surface area contributed by atoms with E-state index in [0.717, 1.165) is 31.9 Å². The first-order valence-electron chi connectivity index (χ1n) is 8.10. The van der Waals surface area contributed by atoms with E-state index in [1.807, 2.05) is 11.8 Å². The van der Waals surface area contributed by atoms with E-state index >= 15 is 0 Å². The molecule has 2 heterocycles. The van der Waals surface area contributed by atoms with Crippen molar-refractivity contribution in [3.8, 4) is 0 Å². The lowest BCUT2D eigenvalue weighted by Crippen LogP contribution is -2.54. The minimum absolute atomic E-state index is 0.0178. The first-order valence-corrected chi connectivity index (χ1v) is 8.10. The molecule has 0 saturated carbocycles. The van der Waals surface area contributed by atoms with Gasteiger partial charge in [0.2, 0.25) is 0 Å². The SMILES string of the molecule is CCn1ncnc1CNC(=O)N1CC(Cc2ccc(C)cc2)C1. The van der Waals surface area contributed by atoms with Gasteiger partial charge in [-0.2, -0.15) is 5.10 Å². The van der Waals surface area contributed by atoms with Crippen LogP contribution in [0.25, 0.3) is 0 Å². The van der Waals surface area contributed by atoms with E-state index in [2.05, 4.69) is 46.6 Å². The highest BCUT2D eigenvalue weighted by Crippen LogP contribution is 2.20. The Morgan fingerprint density at radius 2 is 2.04 bits per heavy atom. The fourth-order valence-corrected chi connectivity index (χ4v) is 2.88. The van der Waals surface area contributed by atoms with Crippen molar-refractivity contribution >= 4 is 6.03 Å². The van der Waals surface area contributed by atoms with Crippen LogP contribution in [0.3, 0.4) is 0 Å². The number of aromatic nitrogens is 3. The number of likely N-dealkylation sites (tertiary alicyclic amines) is 1. The van der Waals surface area contributed by atoms with E-state index in [0.29, 0.717) is 12.5 Å². The van der Waals surface area contributed by atoms with Gasteiger partial charge in [-0.3, -0.25) is 0 Å². The Bertz CT molecular complexity index is 658. The highest BCUT2D eigenvalue weighted by atomic mass is 16.2.